The first kappa shape index (κ1) is 13.2. The Balaban J connectivity index is 2.07. The maximum Gasteiger partial charge on any atom is 0.242 e. The number of sulfonamides is 1. The summed E-state index contributed by atoms with van der Waals surface area (Å²) in [6.07, 6.45) is 1.35. The first-order valence-electron chi connectivity index (χ1n) is 5.20. The number of hydrogen-bond acceptors (Lipinski definition) is 5. The number of hydrogen-bond donors (Lipinski definition) is 3. The van der Waals surface area contributed by atoms with Crippen LogP contribution in [0.4, 0.5) is 0 Å². The summed E-state index contributed by atoms with van der Waals surface area (Å²) >= 11 is 1.41. The van der Waals surface area contributed by atoms with Crippen LogP contribution in [0.15, 0.2) is 22.5 Å². The molecule has 0 aliphatic heterocycles. The molecule has 0 aliphatic carbocycles. The van der Waals surface area contributed by atoms with Gasteiger partial charge in [0, 0.05) is 23.0 Å². The number of aromatic amines is 1. The smallest absolute Gasteiger partial charge is 0.242 e. The largest absolute Gasteiger partial charge is 0.390 e. The van der Waals surface area contributed by atoms with Crippen LogP contribution in [0.3, 0.4) is 0 Å². The molecule has 0 radical (unpaired) electrons. The van der Waals surface area contributed by atoms with Crippen LogP contribution in [0, 0.1) is 6.92 Å². The van der Waals surface area contributed by atoms with Gasteiger partial charge in [-0.25, -0.2) is 18.1 Å². The molecule has 0 atom stereocenters. The second-order valence-electron chi connectivity index (χ2n) is 3.73. The highest BCUT2D eigenvalue weighted by molar-refractivity contribution is 7.89. The van der Waals surface area contributed by atoms with Gasteiger partial charge < -0.3 is 10.1 Å². The van der Waals surface area contributed by atoms with E-state index in [4.69, 9.17) is 5.11 Å². The van der Waals surface area contributed by atoms with Gasteiger partial charge in [-0.05, 0) is 13.0 Å². The van der Waals surface area contributed by atoms with Gasteiger partial charge in [-0.1, -0.05) is 0 Å². The lowest BCUT2D eigenvalue weighted by atomic mass is 10.5. The first-order chi connectivity index (χ1) is 8.51. The summed E-state index contributed by atoms with van der Waals surface area (Å²) in [5.74, 6) is 0. The molecular weight excluding hydrogens is 274 g/mol. The average molecular weight is 287 g/mol. The number of nitrogens with zero attached hydrogens (tertiary/aromatic N) is 1. The van der Waals surface area contributed by atoms with Crippen LogP contribution in [-0.2, 0) is 23.2 Å². The van der Waals surface area contributed by atoms with E-state index in [0.717, 1.165) is 5.69 Å². The lowest BCUT2D eigenvalue weighted by Gasteiger charge is -2.02. The standard InChI is InChI=1S/C10H13N3O3S2/c1-7-6-17-10(13-7)4-12-18(15,16)9-2-8(5-14)11-3-9/h2-3,6,11-12,14H,4-5H2,1H3. The Morgan fingerprint density at radius 3 is 2.89 bits per heavy atom. The average Bonchev–Trinajstić information content (AvgIpc) is 2.95. The number of nitrogens with one attached hydrogen (secondary N) is 2. The fraction of sp³-hybridized carbons (Fsp3) is 0.300. The normalized spacial score (nSPS) is 11.9. The summed E-state index contributed by atoms with van der Waals surface area (Å²) in [6.45, 7) is 1.80. The molecule has 18 heavy (non-hydrogen) atoms. The van der Waals surface area contributed by atoms with Crippen molar-refractivity contribution in [2.75, 3.05) is 0 Å². The zero-order valence-electron chi connectivity index (χ0n) is 9.67. The highest BCUT2D eigenvalue weighted by Gasteiger charge is 2.16. The predicted octanol–water partition coefficient (Wildman–Crippen LogP) is 0.750. The van der Waals surface area contributed by atoms with Gasteiger partial charge in [-0.2, -0.15) is 0 Å². The number of aliphatic hydroxyl groups is 1. The van der Waals surface area contributed by atoms with Crippen molar-refractivity contribution >= 4 is 21.4 Å². The summed E-state index contributed by atoms with van der Waals surface area (Å²) in [5, 5.41) is 11.5. The zero-order valence-corrected chi connectivity index (χ0v) is 11.3. The molecule has 0 amide bonds. The van der Waals surface area contributed by atoms with E-state index in [-0.39, 0.29) is 18.0 Å². The van der Waals surface area contributed by atoms with E-state index in [9.17, 15) is 8.42 Å². The van der Waals surface area contributed by atoms with Crippen LogP contribution >= 0.6 is 11.3 Å². The topological polar surface area (TPSA) is 95.1 Å². The Labute approximate surface area is 109 Å². The van der Waals surface area contributed by atoms with Crippen molar-refractivity contribution in [2.24, 2.45) is 0 Å². The Morgan fingerprint density at radius 1 is 1.56 bits per heavy atom. The minimum absolute atomic E-state index is 0.111. The van der Waals surface area contributed by atoms with Crippen molar-refractivity contribution in [1.82, 2.24) is 14.7 Å². The predicted molar refractivity (Wildman–Crippen MR) is 67.6 cm³/mol. The number of H-pyrrole nitrogens is 1. The Bertz CT molecular complexity index is 630. The lowest BCUT2D eigenvalue weighted by molar-refractivity contribution is 0.277. The van der Waals surface area contributed by atoms with E-state index >= 15 is 0 Å². The number of thiazole rings is 1. The molecule has 0 saturated carbocycles. The van der Waals surface area contributed by atoms with E-state index in [1.54, 1.807) is 0 Å². The number of aliphatic hydroxyl groups excluding tert-OH is 1. The van der Waals surface area contributed by atoms with Crippen LogP contribution in [0.1, 0.15) is 16.4 Å². The van der Waals surface area contributed by atoms with E-state index in [1.165, 1.54) is 23.6 Å². The van der Waals surface area contributed by atoms with E-state index in [2.05, 4.69) is 14.7 Å². The van der Waals surface area contributed by atoms with Crippen LogP contribution in [-0.4, -0.2) is 23.5 Å². The molecule has 2 aromatic heterocycles. The van der Waals surface area contributed by atoms with Gasteiger partial charge in [0.15, 0.2) is 0 Å². The van der Waals surface area contributed by atoms with E-state index in [1.807, 2.05) is 12.3 Å². The molecule has 3 N–H and O–H groups in total. The van der Waals surface area contributed by atoms with E-state index < -0.39 is 10.0 Å². The van der Waals surface area contributed by atoms with Gasteiger partial charge in [0.1, 0.15) is 5.01 Å². The highest BCUT2D eigenvalue weighted by Crippen LogP contribution is 2.13. The quantitative estimate of drug-likeness (QED) is 0.756. The van der Waals surface area contributed by atoms with Crippen molar-refractivity contribution in [3.63, 3.8) is 0 Å². The zero-order chi connectivity index (χ0) is 13.2. The molecule has 0 unspecified atom stereocenters. The van der Waals surface area contributed by atoms with Crippen LogP contribution in [0.2, 0.25) is 0 Å². The third-order valence-corrected chi connectivity index (χ3v) is 4.62. The molecule has 0 aromatic carbocycles. The fourth-order valence-corrected chi connectivity index (χ4v) is 3.20. The number of aromatic nitrogens is 2. The second kappa shape index (κ2) is 5.19. The molecule has 0 spiro atoms. The SMILES string of the molecule is Cc1csc(CNS(=O)(=O)c2c[nH]c(CO)c2)n1. The fourth-order valence-electron chi connectivity index (χ4n) is 1.39. The molecule has 0 bridgehead atoms. The molecule has 0 aliphatic rings. The molecule has 0 saturated heterocycles. The van der Waals surface area contributed by atoms with Gasteiger partial charge in [-0.3, -0.25) is 0 Å². The van der Waals surface area contributed by atoms with Gasteiger partial charge >= 0.3 is 0 Å². The van der Waals surface area contributed by atoms with Gasteiger partial charge in [0.05, 0.1) is 18.0 Å². The second-order valence-corrected chi connectivity index (χ2v) is 6.44. The van der Waals surface area contributed by atoms with Crippen molar-refractivity contribution in [3.8, 4) is 0 Å². The molecule has 0 fully saturated rings. The van der Waals surface area contributed by atoms with E-state index in [0.29, 0.717) is 10.7 Å². The minimum Gasteiger partial charge on any atom is -0.390 e. The van der Waals surface area contributed by atoms with Crippen LogP contribution in [0.25, 0.3) is 0 Å². The summed E-state index contributed by atoms with van der Waals surface area (Å²) in [6, 6.07) is 1.40. The van der Waals surface area contributed by atoms with Crippen molar-refractivity contribution in [2.45, 2.75) is 25.0 Å². The number of aryl methyl sites for hydroxylation is 1. The summed E-state index contributed by atoms with van der Waals surface area (Å²) in [5.41, 5.74) is 1.33. The number of rotatable bonds is 5. The third-order valence-electron chi connectivity index (χ3n) is 2.28. The molecule has 2 heterocycles. The van der Waals surface area contributed by atoms with Crippen LogP contribution in [0.5, 0.6) is 0 Å². The van der Waals surface area contributed by atoms with Crippen molar-refractivity contribution < 1.29 is 13.5 Å². The minimum atomic E-state index is -3.56. The molecule has 8 heteroatoms. The summed E-state index contributed by atoms with van der Waals surface area (Å²) < 4.78 is 26.3. The lowest BCUT2D eigenvalue weighted by Crippen LogP contribution is -2.22. The maximum atomic E-state index is 11.9. The Morgan fingerprint density at radius 2 is 2.33 bits per heavy atom. The van der Waals surface area contributed by atoms with Crippen LogP contribution < -0.4 is 4.72 Å². The molecule has 6 nitrogen and oxygen atoms in total. The summed E-state index contributed by atoms with van der Waals surface area (Å²) in [7, 11) is -3.56. The van der Waals surface area contributed by atoms with Crippen molar-refractivity contribution in [3.05, 3.63) is 34.0 Å². The monoisotopic (exact) mass is 287 g/mol. The Kier molecular flexibility index (Phi) is 3.81. The molecular formula is C10H13N3O3S2. The van der Waals surface area contributed by atoms with Gasteiger partial charge in [0.25, 0.3) is 0 Å². The van der Waals surface area contributed by atoms with Gasteiger partial charge in [-0.15, -0.1) is 11.3 Å². The molecule has 2 rings (SSSR count). The molecule has 98 valence electrons. The Hall–Kier alpha value is -1.22. The highest BCUT2D eigenvalue weighted by atomic mass is 32.2. The summed E-state index contributed by atoms with van der Waals surface area (Å²) in [4.78, 5) is 6.97. The van der Waals surface area contributed by atoms with Gasteiger partial charge in [0.2, 0.25) is 10.0 Å². The van der Waals surface area contributed by atoms with Crippen molar-refractivity contribution in [1.29, 1.82) is 0 Å². The maximum absolute atomic E-state index is 11.9. The molecule has 2 aromatic rings. The first-order valence-corrected chi connectivity index (χ1v) is 7.56. The third kappa shape index (κ3) is 2.96.